The summed E-state index contributed by atoms with van der Waals surface area (Å²) in [5, 5.41) is 4.61. The molecular formula is C16H15NO5S. The summed E-state index contributed by atoms with van der Waals surface area (Å²) in [5.41, 5.74) is 0. The van der Waals surface area contributed by atoms with Gasteiger partial charge in [0.15, 0.2) is 18.1 Å². The first-order valence-corrected chi connectivity index (χ1v) is 7.94. The van der Waals surface area contributed by atoms with Gasteiger partial charge in [-0.3, -0.25) is 4.79 Å². The van der Waals surface area contributed by atoms with E-state index >= 15 is 0 Å². The second-order valence-electron chi connectivity index (χ2n) is 4.83. The first-order valence-electron chi connectivity index (χ1n) is 7.06. The molecule has 0 saturated heterocycles. The van der Waals surface area contributed by atoms with E-state index in [1.54, 1.807) is 29.5 Å². The second kappa shape index (κ2) is 7.15. The van der Waals surface area contributed by atoms with Crippen LogP contribution < -0.4 is 14.8 Å². The highest BCUT2D eigenvalue weighted by Gasteiger charge is 2.29. The molecule has 1 aromatic heterocycles. The van der Waals surface area contributed by atoms with Gasteiger partial charge >= 0.3 is 5.97 Å². The number of para-hydroxylation sites is 2. The molecule has 1 aliphatic rings. The van der Waals surface area contributed by atoms with Crippen LogP contribution in [0, 0.1) is 0 Å². The summed E-state index contributed by atoms with van der Waals surface area (Å²) in [7, 11) is 0. The lowest BCUT2D eigenvalue weighted by Gasteiger charge is -2.24. The number of carbonyl (C=O) groups excluding carboxylic acids is 2. The molecule has 1 aliphatic heterocycles. The Labute approximate surface area is 137 Å². The van der Waals surface area contributed by atoms with Crippen LogP contribution in [0.1, 0.15) is 4.88 Å². The van der Waals surface area contributed by atoms with Crippen molar-refractivity contribution in [2.24, 2.45) is 0 Å². The van der Waals surface area contributed by atoms with E-state index in [9.17, 15) is 9.59 Å². The Morgan fingerprint density at radius 2 is 2.04 bits per heavy atom. The van der Waals surface area contributed by atoms with Crippen LogP contribution in [0.5, 0.6) is 11.5 Å². The minimum Gasteiger partial charge on any atom is -0.485 e. The van der Waals surface area contributed by atoms with Gasteiger partial charge in [-0.05, 0) is 23.6 Å². The Morgan fingerprint density at radius 1 is 1.22 bits per heavy atom. The van der Waals surface area contributed by atoms with Gasteiger partial charge in [0.25, 0.3) is 5.91 Å². The minimum absolute atomic E-state index is 0.0622. The number of ether oxygens (including phenoxy) is 3. The zero-order chi connectivity index (χ0) is 16.1. The van der Waals surface area contributed by atoms with Gasteiger partial charge in [0.2, 0.25) is 6.10 Å². The highest BCUT2D eigenvalue weighted by molar-refractivity contribution is 7.09. The molecule has 2 heterocycles. The van der Waals surface area contributed by atoms with Gasteiger partial charge in [0.05, 0.1) is 6.54 Å². The summed E-state index contributed by atoms with van der Waals surface area (Å²) >= 11 is 1.55. The Morgan fingerprint density at radius 3 is 2.83 bits per heavy atom. The molecule has 1 amide bonds. The monoisotopic (exact) mass is 333 g/mol. The average Bonchev–Trinajstić information content (AvgIpc) is 3.11. The number of benzene rings is 1. The molecule has 1 N–H and O–H groups in total. The molecule has 0 spiro atoms. The number of esters is 1. The van der Waals surface area contributed by atoms with Crippen LogP contribution in [0.4, 0.5) is 0 Å². The quantitative estimate of drug-likeness (QED) is 0.844. The summed E-state index contributed by atoms with van der Waals surface area (Å²) < 4.78 is 15.9. The topological polar surface area (TPSA) is 73.9 Å². The summed E-state index contributed by atoms with van der Waals surface area (Å²) in [6, 6.07) is 10.9. The fourth-order valence-corrected chi connectivity index (χ4v) is 2.66. The number of hydrogen-bond donors (Lipinski definition) is 1. The van der Waals surface area contributed by atoms with Gasteiger partial charge in [0.1, 0.15) is 6.61 Å². The number of fused-ring (bicyclic) bond motifs is 1. The standard InChI is InChI=1S/C16H15NO5S/c18-15(17-8-11-4-3-7-23-11)10-21-16(19)14-9-20-12-5-1-2-6-13(12)22-14/h1-7,14H,8-10H2,(H,17,18)/t14-/m1/s1. The van der Waals surface area contributed by atoms with Crippen LogP contribution in [0.2, 0.25) is 0 Å². The number of carbonyl (C=O) groups is 2. The molecule has 2 aromatic rings. The highest BCUT2D eigenvalue weighted by atomic mass is 32.1. The van der Waals surface area contributed by atoms with Gasteiger partial charge in [-0.2, -0.15) is 0 Å². The largest absolute Gasteiger partial charge is 0.485 e. The van der Waals surface area contributed by atoms with E-state index in [1.165, 1.54) is 0 Å². The molecular weight excluding hydrogens is 318 g/mol. The predicted octanol–water partition coefficient (Wildman–Crippen LogP) is 1.75. The lowest BCUT2D eigenvalue weighted by atomic mass is 10.2. The molecule has 0 unspecified atom stereocenters. The Hall–Kier alpha value is -2.54. The van der Waals surface area contributed by atoms with E-state index in [0.717, 1.165) is 4.88 Å². The van der Waals surface area contributed by atoms with E-state index < -0.39 is 12.1 Å². The normalized spacial score (nSPS) is 15.7. The first-order chi connectivity index (χ1) is 11.2. The van der Waals surface area contributed by atoms with Gasteiger partial charge < -0.3 is 19.5 Å². The lowest BCUT2D eigenvalue weighted by molar-refractivity contribution is -0.157. The summed E-state index contributed by atoms with van der Waals surface area (Å²) in [6.45, 7) is 0.142. The Balaban J connectivity index is 1.44. The van der Waals surface area contributed by atoms with Crippen molar-refractivity contribution in [1.82, 2.24) is 5.32 Å². The minimum atomic E-state index is -0.866. The molecule has 0 aliphatic carbocycles. The molecule has 6 nitrogen and oxygen atoms in total. The SMILES string of the molecule is O=C(COC(=O)[C@H]1COc2ccccc2O1)NCc1cccs1. The maximum atomic E-state index is 11.9. The van der Waals surface area contributed by atoms with Crippen LogP contribution in [-0.2, 0) is 20.9 Å². The Bertz CT molecular complexity index is 686. The molecule has 120 valence electrons. The van der Waals surface area contributed by atoms with Crippen molar-refractivity contribution < 1.29 is 23.8 Å². The number of hydrogen-bond acceptors (Lipinski definition) is 6. The van der Waals surface area contributed by atoms with Crippen molar-refractivity contribution in [3.63, 3.8) is 0 Å². The van der Waals surface area contributed by atoms with Gasteiger partial charge in [-0.25, -0.2) is 4.79 Å². The molecule has 0 radical (unpaired) electrons. The summed E-state index contributed by atoms with van der Waals surface area (Å²) in [6.07, 6.45) is -0.866. The fraction of sp³-hybridized carbons (Fsp3) is 0.250. The molecule has 1 atom stereocenters. The number of amides is 1. The number of thiophene rings is 1. The van der Waals surface area contributed by atoms with Crippen molar-refractivity contribution in [1.29, 1.82) is 0 Å². The fourth-order valence-electron chi connectivity index (χ4n) is 2.02. The van der Waals surface area contributed by atoms with E-state index in [-0.39, 0.29) is 19.1 Å². The summed E-state index contributed by atoms with van der Waals surface area (Å²) in [5.74, 6) is 0.0998. The average molecular weight is 333 g/mol. The zero-order valence-electron chi connectivity index (χ0n) is 12.2. The van der Waals surface area contributed by atoms with Gasteiger partial charge in [-0.15, -0.1) is 11.3 Å². The van der Waals surface area contributed by atoms with Crippen LogP contribution in [0.25, 0.3) is 0 Å². The van der Waals surface area contributed by atoms with Crippen LogP contribution in [0.15, 0.2) is 41.8 Å². The molecule has 1 aromatic carbocycles. The molecule has 0 bridgehead atoms. The third-order valence-corrected chi connectivity index (χ3v) is 4.03. The van der Waals surface area contributed by atoms with Crippen LogP contribution in [-0.4, -0.2) is 31.2 Å². The number of rotatable bonds is 5. The van der Waals surface area contributed by atoms with Crippen LogP contribution >= 0.6 is 11.3 Å². The third kappa shape index (κ3) is 4.01. The van der Waals surface area contributed by atoms with Crippen molar-refractivity contribution in [2.45, 2.75) is 12.6 Å². The molecule has 0 saturated carbocycles. The molecule has 0 fully saturated rings. The Kier molecular flexibility index (Phi) is 4.77. The van der Waals surface area contributed by atoms with Gasteiger partial charge in [0, 0.05) is 4.88 Å². The van der Waals surface area contributed by atoms with E-state index in [4.69, 9.17) is 14.2 Å². The summed E-state index contributed by atoms with van der Waals surface area (Å²) in [4.78, 5) is 24.6. The smallest absolute Gasteiger partial charge is 0.351 e. The third-order valence-electron chi connectivity index (χ3n) is 3.16. The molecule has 7 heteroatoms. The van der Waals surface area contributed by atoms with E-state index in [0.29, 0.717) is 18.0 Å². The molecule has 23 heavy (non-hydrogen) atoms. The van der Waals surface area contributed by atoms with Crippen molar-refractivity contribution >= 4 is 23.2 Å². The van der Waals surface area contributed by atoms with E-state index in [2.05, 4.69) is 5.32 Å². The highest BCUT2D eigenvalue weighted by Crippen LogP contribution is 2.31. The van der Waals surface area contributed by atoms with Crippen molar-refractivity contribution in [3.05, 3.63) is 46.7 Å². The number of nitrogens with one attached hydrogen (secondary N) is 1. The van der Waals surface area contributed by atoms with E-state index in [1.807, 2.05) is 23.6 Å². The van der Waals surface area contributed by atoms with Gasteiger partial charge in [-0.1, -0.05) is 18.2 Å². The van der Waals surface area contributed by atoms with Crippen LogP contribution in [0.3, 0.4) is 0 Å². The van der Waals surface area contributed by atoms with Crippen molar-refractivity contribution in [2.75, 3.05) is 13.2 Å². The predicted molar refractivity (Wildman–Crippen MR) is 83.5 cm³/mol. The zero-order valence-corrected chi connectivity index (χ0v) is 13.0. The molecule has 3 rings (SSSR count). The second-order valence-corrected chi connectivity index (χ2v) is 5.86. The maximum Gasteiger partial charge on any atom is 0.351 e. The van der Waals surface area contributed by atoms with Crippen molar-refractivity contribution in [3.8, 4) is 11.5 Å². The lowest BCUT2D eigenvalue weighted by Crippen LogP contribution is -2.39. The maximum absolute atomic E-state index is 11.9. The first kappa shape index (κ1) is 15.4.